The van der Waals surface area contributed by atoms with Crippen LogP contribution in [0.2, 0.25) is 0 Å². The molecule has 0 radical (unpaired) electrons. The van der Waals surface area contributed by atoms with E-state index in [0.29, 0.717) is 23.0 Å². The van der Waals surface area contributed by atoms with Crippen molar-refractivity contribution in [3.8, 4) is 23.0 Å². The third-order valence-electron chi connectivity index (χ3n) is 6.12. The number of rotatable bonds is 14. The first kappa shape index (κ1) is 28.4. The topological polar surface area (TPSA) is 77.4 Å². The molecule has 0 saturated heterocycles. The Morgan fingerprint density at radius 3 is 1.59 bits per heavy atom. The van der Waals surface area contributed by atoms with Crippen LogP contribution >= 0.6 is 11.8 Å². The zero-order valence-corrected chi connectivity index (χ0v) is 23.3. The van der Waals surface area contributed by atoms with Gasteiger partial charge in [-0.05, 0) is 60.0 Å². The van der Waals surface area contributed by atoms with E-state index in [9.17, 15) is 10.2 Å². The van der Waals surface area contributed by atoms with Crippen molar-refractivity contribution in [3.05, 3.63) is 121 Å². The molecule has 2 N–H and O–H groups in total. The number of fused-ring (bicyclic) bond motifs is 1. The van der Waals surface area contributed by atoms with E-state index < -0.39 is 12.2 Å². The molecular weight excluding hydrogens is 536 g/mol. The van der Waals surface area contributed by atoms with Crippen LogP contribution in [0.5, 0.6) is 23.0 Å². The molecule has 7 heteroatoms. The summed E-state index contributed by atoms with van der Waals surface area (Å²) < 4.78 is 23.4. The van der Waals surface area contributed by atoms with Crippen molar-refractivity contribution in [1.29, 1.82) is 0 Å². The van der Waals surface area contributed by atoms with Gasteiger partial charge in [-0.25, -0.2) is 0 Å². The van der Waals surface area contributed by atoms with Crippen LogP contribution in [-0.2, 0) is 0 Å². The fourth-order valence-corrected chi connectivity index (χ4v) is 5.10. The Hall–Kier alpha value is -4.17. The monoisotopic (exact) mass is 568 g/mol. The lowest BCUT2D eigenvalue weighted by Crippen LogP contribution is -2.25. The molecule has 210 valence electrons. The summed E-state index contributed by atoms with van der Waals surface area (Å²) in [7, 11) is 0. The molecule has 5 aromatic carbocycles. The van der Waals surface area contributed by atoms with Gasteiger partial charge in [0.2, 0.25) is 0 Å². The van der Waals surface area contributed by atoms with Gasteiger partial charge in [-0.1, -0.05) is 78.5 Å². The highest BCUT2D eigenvalue weighted by atomic mass is 32.2. The van der Waals surface area contributed by atoms with Crippen molar-refractivity contribution >= 4 is 22.5 Å². The van der Waals surface area contributed by atoms with E-state index in [2.05, 4.69) is 0 Å². The minimum atomic E-state index is -0.810. The highest BCUT2D eigenvalue weighted by Gasteiger charge is 2.15. The highest BCUT2D eigenvalue weighted by molar-refractivity contribution is 7.99. The van der Waals surface area contributed by atoms with Crippen molar-refractivity contribution in [2.75, 3.05) is 26.4 Å². The fraction of sp³-hybridized carbons (Fsp3) is 0.176. The minimum absolute atomic E-state index is 0.0739. The average molecular weight is 569 g/mol. The molecule has 5 rings (SSSR count). The number of para-hydroxylation sites is 2. The van der Waals surface area contributed by atoms with Crippen LogP contribution in [0.3, 0.4) is 0 Å². The summed E-state index contributed by atoms with van der Waals surface area (Å²) in [6.07, 6.45) is -1.60. The number of benzene rings is 5. The number of hydrogen-bond donors (Lipinski definition) is 2. The SMILES string of the molecule is OC(COc1ccccc1)COc1ccc2ccc(OCC(O)COc3ccccc3)c(Sc3ccccc3)c2c1. The van der Waals surface area contributed by atoms with Gasteiger partial charge in [0, 0.05) is 10.3 Å². The number of hydrogen-bond acceptors (Lipinski definition) is 7. The van der Waals surface area contributed by atoms with E-state index in [1.807, 2.05) is 121 Å². The van der Waals surface area contributed by atoms with Crippen LogP contribution in [0.15, 0.2) is 131 Å². The van der Waals surface area contributed by atoms with Gasteiger partial charge >= 0.3 is 0 Å². The van der Waals surface area contributed by atoms with E-state index >= 15 is 0 Å². The molecule has 0 aliphatic carbocycles. The van der Waals surface area contributed by atoms with Gasteiger partial charge < -0.3 is 29.2 Å². The van der Waals surface area contributed by atoms with Crippen molar-refractivity contribution in [3.63, 3.8) is 0 Å². The molecule has 2 atom stereocenters. The second-order valence-electron chi connectivity index (χ2n) is 9.37. The van der Waals surface area contributed by atoms with E-state index in [4.69, 9.17) is 18.9 Å². The first-order valence-corrected chi connectivity index (χ1v) is 14.2. The molecule has 5 aromatic rings. The number of aliphatic hydroxyl groups is 2. The van der Waals surface area contributed by atoms with Crippen molar-refractivity contribution < 1.29 is 29.2 Å². The number of aliphatic hydroxyl groups excluding tert-OH is 2. The Kier molecular flexibility index (Phi) is 10.0. The maximum Gasteiger partial charge on any atom is 0.134 e. The predicted molar refractivity (Wildman–Crippen MR) is 161 cm³/mol. The fourth-order valence-electron chi connectivity index (χ4n) is 4.06. The third-order valence-corrected chi connectivity index (χ3v) is 7.25. The van der Waals surface area contributed by atoms with E-state index in [0.717, 1.165) is 20.6 Å². The maximum atomic E-state index is 10.5. The summed E-state index contributed by atoms with van der Waals surface area (Å²) in [6.45, 7) is 0.405. The Labute approximate surface area is 244 Å². The summed E-state index contributed by atoms with van der Waals surface area (Å²) in [5, 5.41) is 22.9. The maximum absolute atomic E-state index is 10.5. The average Bonchev–Trinajstić information content (AvgIpc) is 3.03. The van der Waals surface area contributed by atoms with Gasteiger partial charge in [0.15, 0.2) is 0 Å². The Morgan fingerprint density at radius 1 is 0.512 bits per heavy atom. The lowest BCUT2D eigenvalue weighted by molar-refractivity contribution is 0.0617. The Balaban J connectivity index is 1.29. The molecule has 0 heterocycles. The third kappa shape index (κ3) is 8.41. The minimum Gasteiger partial charge on any atom is -0.491 e. The van der Waals surface area contributed by atoms with Crippen molar-refractivity contribution in [2.45, 2.75) is 22.0 Å². The van der Waals surface area contributed by atoms with Crippen LogP contribution in [0, 0.1) is 0 Å². The van der Waals surface area contributed by atoms with E-state index in [1.165, 1.54) is 0 Å². The zero-order chi connectivity index (χ0) is 28.3. The van der Waals surface area contributed by atoms with Crippen LogP contribution in [0.4, 0.5) is 0 Å². The molecule has 0 aliphatic rings. The van der Waals surface area contributed by atoms with Crippen molar-refractivity contribution in [1.82, 2.24) is 0 Å². The Bertz CT molecular complexity index is 1490. The highest BCUT2D eigenvalue weighted by Crippen LogP contribution is 2.41. The van der Waals surface area contributed by atoms with Crippen LogP contribution < -0.4 is 18.9 Å². The van der Waals surface area contributed by atoms with Crippen molar-refractivity contribution in [2.24, 2.45) is 0 Å². The standard InChI is InChI=1S/C34H32O6S/c35-26(21-37-28-10-4-1-5-11-28)23-39-30-18-16-25-17-19-33(34(32(25)20-30)41-31-14-8-3-9-15-31)40-24-27(36)22-38-29-12-6-2-7-13-29/h1-20,26-27,35-36H,21-24H2. The molecule has 0 spiro atoms. The van der Waals surface area contributed by atoms with Crippen LogP contribution in [0.25, 0.3) is 10.8 Å². The molecule has 0 saturated carbocycles. The molecule has 41 heavy (non-hydrogen) atoms. The normalized spacial score (nSPS) is 12.4. The largest absolute Gasteiger partial charge is 0.491 e. The van der Waals surface area contributed by atoms with Gasteiger partial charge in [0.1, 0.15) is 61.6 Å². The van der Waals surface area contributed by atoms with Gasteiger partial charge in [0.25, 0.3) is 0 Å². The molecule has 0 aliphatic heterocycles. The zero-order valence-electron chi connectivity index (χ0n) is 22.5. The van der Waals surface area contributed by atoms with Crippen LogP contribution in [0.1, 0.15) is 0 Å². The van der Waals surface area contributed by atoms with Gasteiger partial charge in [0.05, 0.1) is 4.90 Å². The van der Waals surface area contributed by atoms with Gasteiger partial charge in [-0.3, -0.25) is 0 Å². The first-order valence-electron chi connectivity index (χ1n) is 13.4. The first-order chi connectivity index (χ1) is 20.1. The molecule has 0 bridgehead atoms. The molecule has 2 unspecified atom stereocenters. The predicted octanol–water partition coefficient (Wildman–Crippen LogP) is 6.63. The quantitative estimate of drug-likeness (QED) is 0.156. The van der Waals surface area contributed by atoms with E-state index in [1.54, 1.807) is 11.8 Å². The second kappa shape index (κ2) is 14.5. The summed E-state index contributed by atoms with van der Waals surface area (Å²) in [5.74, 6) is 2.67. The molecule has 0 aromatic heterocycles. The molecule has 0 fully saturated rings. The summed E-state index contributed by atoms with van der Waals surface area (Å²) in [6, 6.07) is 38.5. The summed E-state index contributed by atoms with van der Waals surface area (Å²) >= 11 is 1.58. The lowest BCUT2D eigenvalue weighted by Gasteiger charge is -2.18. The molecule has 6 nitrogen and oxygen atoms in total. The van der Waals surface area contributed by atoms with E-state index in [-0.39, 0.29) is 26.4 Å². The number of ether oxygens (including phenoxy) is 4. The van der Waals surface area contributed by atoms with Gasteiger partial charge in [-0.2, -0.15) is 0 Å². The molecular formula is C34H32O6S. The summed E-state index contributed by atoms with van der Waals surface area (Å²) in [5.41, 5.74) is 0. The van der Waals surface area contributed by atoms with Gasteiger partial charge in [-0.15, -0.1) is 0 Å². The van der Waals surface area contributed by atoms with Crippen LogP contribution in [-0.4, -0.2) is 48.8 Å². The smallest absolute Gasteiger partial charge is 0.134 e. The molecule has 0 amide bonds. The summed E-state index contributed by atoms with van der Waals surface area (Å²) in [4.78, 5) is 1.96. The second-order valence-corrected chi connectivity index (χ2v) is 10.5. The Morgan fingerprint density at radius 2 is 1.00 bits per heavy atom. The lowest BCUT2D eigenvalue weighted by atomic mass is 10.1.